The van der Waals surface area contributed by atoms with Gasteiger partial charge in [-0.1, -0.05) is 30.8 Å². The molecule has 0 saturated carbocycles. The van der Waals surface area contributed by atoms with Gasteiger partial charge in [0.1, 0.15) is 0 Å². The van der Waals surface area contributed by atoms with Crippen molar-refractivity contribution in [1.82, 2.24) is 10.4 Å². The Hall–Kier alpha value is -2.19. The van der Waals surface area contributed by atoms with Crippen LogP contribution in [0, 0.1) is 6.92 Å². The highest BCUT2D eigenvalue weighted by molar-refractivity contribution is 8.15. The molecule has 0 spiro atoms. The van der Waals surface area contributed by atoms with Crippen molar-refractivity contribution in [2.45, 2.75) is 38.9 Å². The Labute approximate surface area is 167 Å². The van der Waals surface area contributed by atoms with Gasteiger partial charge in [-0.3, -0.25) is 9.79 Å². The third-order valence-corrected chi connectivity index (χ3v) is 6.18. The Bertz CT molecular complexity index is 857. The lowest BCUT2D eigenvalue weighted by Gasteiger charge is -2.08. The maximum absolute atomic E-state index is 12.0. The monoisotopic (exact) mass is 401 g/mol. The molecule has 3 rings (SSSR count). The molecule has 6 nitrogen and oxygen atoms in total. The molecule has 8 heteroatoms. The summed E-state index contributed by atoms with van der Waals surface area (Å²) in [5, 5.41) is 12.0. The number of aliphatic imine (C=N–C) groups is 1. The van der Waals surface area contributed by atoms with E-state index in [1.165, 1.54) is 11.3 Å². The number of hydrazone groups is 1. The number of carbonyl (C=O) groups excluding carboxylic acids is 1. The topological polar surface area (TPSA) is 78.7 Å². The van der Waals surface area contributed by atoms with Crippen molar-refractivity contribution >= 4 is 45.6 Å². The molecular formula is C19H23N5OS2. The van der Waals surface area contributed by atoms with Gasteiger partial charge in [0.15, 0.2) is 5.17 Å². The fourth-order valence-corrected chi connectivity index (χ4v) is 4.09. The average Bonchev–Trinajstić information content (AvgIpc) is 3.29. The average molecular weight is 402 g/mol. The quantitative estimate of drug-likeness (QED) is 0.570. The van der Waals surface area contributed by atoms with E-state index in [4.69, 9.17) is 0 Å². The maximum Gasteiger partial charge on any atom is 0.246 e. The molecule has 0 radical (unpaired) electrons. The zero-order valence-corrected chi connectivity index (χ0v) is 17.3. The molecule has 1 aliphatic heterocycles. The fraction of sp³-hybridized carbons (Fsp3) is 0.368. The van der Waals surface area contributed by atoms with Gasteiger partial charge in [0.05, 0.1) is 29.4 Å². The number of rotatable bonds is 6. The lowest BCUT2D eigenvalue weighted by Crippen LogP contribution is -2.21. The van der Waals surface area contributed by atoms with Crippen molar-refractivity contribution in [1.29, 1.82) is 0 Å². The van der Waals surface area contributed by atoms with Crippen LogP contribution in [0.2, 0.25) is 0 Å². The molecule has 0 bridgehead atoms. The van der Waals surface area contributed by atoms with Crippen LogP contribution in [-0.2, 0) is 11.2 Å². The maximum atomic E-state index is 12.0. The SMILES string of the molecule is CC[C@H]1CN=C(Nc2ccc(/C(C)=N\NC(=O)Cc3csc(C)n3)cc2)S1. The number of thioether (sulfide) groups is 1. The molecule has 27 heavy (non-hydrogen) atoms. The number of amides is 1. The predicted octanol–water partition coefficient (Wildman–Crippen LogP) is 3.83. The van der Waals surface area contributed by atoms with E-state index < -0.39 is 0 Å². The number of anilines is 1. The van der Waals surface area contributed by atoms with E-state index in [-0.39, 0.29) is 12.3 Å². The number of aryl methyl sites for hydroxylation is 1. The van der Waals surface area contributed by atoms with Crippen LogP contribution in [0.15, 0.2) is 39.7 Å². The second kappa shape index (κ2) is 9.14. The second-order valence-electron chi connectivity index (χ2n) is 6.26. The standard InChI is InChI=1S/C19H23N5OS2/c1-4-17-10-20-19(27-17)22-15-7-5-14(6-8-15)12(2)23-24-18(25)9-16-11-26-13(3)21-16/h5-8,11,17H,4,9-10H2,1-3H3,(H,20,22)(H,24,25)/b23-12-/t17-/m0/s1. The summed E-state index contributed by atoms with van der Waals surface area (Å²) in [5.41, 5.74) is 6.08. The van der Waals surface area contributed by atoms with Crippen molar-refractivity contribution < 1.29 is 4.79 Å². The molecule has 2 aromatic rings. The number of thiazole rings is 1. The van der Waals surface area contributed by atoms with Crippen LogP contribution in [0.1, 0.15) is 36.5 Å². The van der Waals surface area contributed by atoms with Crippen LogP contribution >= 0.6 is 23.1 Å². The number of amidine groups is 1. The van der Waals surface area contributed by atoms with Gasteiger partial charge in [0, 0.05) is 16.3 Å². The summed E-state index contributed by atoms with van der Waals surface area (Å²) < 4.78 is 0. The largest absolute Gasteiger partial charge is 0.335 e. The van der Waals surface area contributed by atoms with E-state index in [1.807, 2.05) is 43.5 Å². The molecular weight excluding hydrogens is 378 g/mol. The second-order valence-corrected chi connectivity index (χ2v) is 8.61. The van der Waals surface area contributed by atoms with Crippen LogP contribution in [0.5, 0.6) is 0 Å². The van der Waals surface area contributed by atoms with Gasteiger partial charge in [-0.15, -0.1) is 11.3 Å². The molecule has 1 aromatic carbocycles. The highest BCUT2D eigenvalue weighted by Crippen LogP contribution is 2.24. The van der Waals surface area contributed by atoms with Crippen molar-refractivity contribution in [2.24, 2.45) is 10.1 Å². The molecule has 1 aromatic heterocycles. The minimum atomic E-state index is -0.167. The first-order valence-corrected chi connectivity index (χ1v) is 10.6. The minimum Gasteiger partial charge on any atom is -0.335 e. The summed E-state index contributed by atoms with van der Waals surface area (Å²) >= 11 is 3.33. The van der Waals surface area contributed by atoms with Gasteiger partial charge in [0.25, 0.3) is 0 Å². The van der Waals surface area contributed by atoms with Crippen molar-refractivity contribution in [2.75, 3.05) is 11.9 Å². The van der Waals surface area contributed by atoms with E-state index >= 15 is 0 Å². The third-order valence-electron chi connectivity index (χ3n) is 4.08. The van der Waals surface area contributed by atoms with Gasteiger partial charge in [-0.25, -0.2) is 10.4 Å². The summed E-state index contributed by atoms with van der Waals surface area (Å²) in [5.74, 6) is -0.167. The van der Waals surface area contributed by atoms with E-state index in [2.05, 4.69) is 32.7 Å². The Morgan fingerprint density at radius 1 is 1.33 bits per heavy atom. The third kappa shape index (κ3) is 5.64. The molecule has 0 fully saturated rings. The van der Waals surface area contributed by atoms with Crippen LogP contribution in [0.3, 0.4) is 0 Å². The first kappa shape index (κ1) is 19.6. The fourth-order valence-electron chi connectivity index (χ4n) is 2.52. The molecule has 1 aliphatic rings. The minimum absolute atomic E-state index is 0.167. The van der Waals surface area contributed by atoms with Gasteiger partial charge >= 0.3 is 0 Å². The highest BCUT2D eigenvalue weighted by atomic mass is 32.2. The number of nitrogens with one attached hydrogen (secondary N) is 2. The van der Waals surface area contributed by atoms with Gasteiger partial charge in [-0.2, -0.15) is 5.10 Å². The Morgan fingerprint density at radius 3 is 2.74 bits per heavy atom. The number of hydrogen-bond donors (Lipinski definition) is 2. The molecule has 142 valence electrons. The number of benzene rings is 1. The van der Waals surface area contributed by atoms with Crippen LogP contribution in [0.25, 0.3) is 0 Å². The van der Waals surface area contributed by atoms with Crippen molar-refractivity contribution in [3.05, 3.63) is 45.9 Å². The van der Waals surface area contributed by atoms with Crippen molar-refractivity contribution in [3.8, 4) is 0 Å². The Balaban J connectivity index is 1.52. The van der Waals surface area contributed by atoms with E-state index in [1.54, 1.807) is 11.8 Å². The zero-order valence-electron chi connectivity index (χ0n) is 15.7. The lowest BCUT2D eigenvalue weighted by molar-refractivity contribution is -0.120. The van der Waals surface area contributed by atoms with Gasteiger partial charge < -0.3 is 5.32 Å². The van der Waals surface area contributed by atoms with Gasteiger partial charge in [-0.05, 0) is 38.0 Å². The van der Waals surface area contributed by atoms with E-state index in [0.29, 0.717) is 5.25 Å². The first-order valence-electron chi connectivity index (χ1n) is 8.86. The predicted molar refractivity (Wildman–Crippen MR) is 115 cm³/mol. The molecule has 0 saturated heterocycles. The normalized spacial score (nSPS) is 16.9. The molecule has 1 amide bonds. The molecule has 2 heterocycles. The van der Waals surface area contributed by atoms with E-state index in [9.17, 15) is 4.79 Å². The smallest absolute Gasteiger partial charge is 0.246 e. The lowest BCUT2D eigenvalue weighted by atomic mass is 10.1. The number of nitrogens with zero attached hydrogens (tertiary/aromatic N) is 3. The molecule has 2 N–H and O–H groups in total. The van der Waals surface area contributed by atoms with Crippen LogP contribution in [-0.4, -0.2) is 33.6 Å². The first-order chi connectivity index (χ1) is 13.0. The summed E-state index contributed by atoms with van der Waals surface area (Å²) in [6.45, 7) is 6.86. The summed E-state index contributed by atoms with van der Waals surface area (Å²) in [6, 6.07) is 7.95. The van der Waals surface area contributed by atoms with Crippen LogP contribution in [0.4, 0.5) is 5.69 Å². The summed E-state index contributed by atoms with van der Waals surface area (Å²) in [6.07, 6.45) is 1.37. The Kier molecular flexibility index (Phi) is 6.63. The van der Waals surface area contributed by atoms with Crippen LogP contribution < -0.4 is 10.7 Å². The molecule has 0 aliphatic carbocycles. The molecule has 0 unspecified atom stereocenters. The number of aromatic nitrogens is 1. The van der Waals surface area contributed by atoms with Gasteiger partial charge in [0.2, 0.25) is 5.91 Å². The number of hydrogen-bond acceptors (Lipinski definition) is 7. The number of carbonyl (C=O) groups is 1. The summed E-state index contributed by atoms with van der Waals surface area (Å²) in [7, 11) is 0. The summed E-state index contributed by atoms with van der Waals surface area (Å²) in [4.78, 5) is 20.8. The molecule has 1 atom stereocenters. The Morgan fingerprint density at radius 2 is 2.11 bits per heavy atom. The highest BCUT2D eigenvalue weighted by Gasteiger charge is 2.17. The van der Waals surface area contributed by atoms with E-state index in [0.717, 1.165) is 45.8 Å². The van der Waals surface area contributed by atoms with Crippen molar-refractivity contribution in [3.63, 3.8) is 0 Å². The zero-order chi connectivity index (χ0) is 19.2.